The molecule has 3 aliphatic carbocycles. The van der Waals surface area contributed by atoms with E-state index >= 15 is 0 Å². The van der Waals surface area contributed by atoms with Gasteiger partial charge in [-0.15, -0.1) is 20.4 Å². The van der Waals surface area contributed by atoms with Crippen molar-refractivity contribution in [2.24, 2.45) is 0 Å². The Morgan fingerprint density at radius 1 is 0.570 bits per heavy atom. The molecule has 3 saturated carbocycles. The van der Waals surface area contributed by atoms with Crippen molar-refractivity contribution in [3.8, 4) is 28.7 Å². The van der Waals surface area contributed by atoms with Gasteiger partial charge in [0.1, 0.15) is 65.0 Å². The Bertz CT molecular complexity index is 4020. The molecule has 0 atom stereocenters. The SMILES string of the molecule is CC(C)c1nncn1-c1cccc(N)n1.Cc1cc(F)c(C(=O)Cl)cc1-n1cnc(C2CC2)c1.Cc1cc(F)c(C(=O)Nc2cccc(-n3cnnc3C(C)C)n2)cc1-n1cnc(C2CC2)c1.Cc1cc(F)c(C(=O)O)cc1-n1cnc(C2CC2)c1. The van der Waals surface area contributed by atoms with Gasteiger partial charge in [0, 0.05) is 48.2 Å². The third-order valence-electron chi connectivity index (χ3n) is 14.6. The van der Waals surface area contributed by atoms with Crippen LogP contribution in [0.3, 0.4) is 0 Å². The van der Waals surface area contributed by atoms with Crippen molar-refractivity contribution in [3.05, 3.63) is 203 Å². The van der Waals surface area contributed by atoms with E-state index < -0.39 is 34.6 Å². The van der Waals surface area contributed by atoms with Crippen LogP contribution in [0, 0.1) is 38.2 Å². The molecule has 0 spiro atoms. The van der Waals surface area contributed by atoms with E-state index in [1.165, 1.54) is 43.2 Å². The van der Waals surface area contributed by atoms with Crippen molar-refractivity contribution in [1.82, 2.24) is 68.2 Å². The Morgan fingerprint density at radius 2 is 0.965 bits per heavy atom. The van der Waals surface area contributed by atoms with Gasteiger partial charge in [0.25, 0.3) is 11.1 Å². The van der Waals surface area contributed by atoms with Gasteiger partial charge in [-0.05, 0) is 148 Å². The topological polar surface area (TPSA) is 250 Å². The number of carboxylic acid groups (broad SMARTS) is 1. The quantitative estimate of drug-likeness (QED) is 0.0857. The second kappa shape index (κ2) is 25.3. The molecule has 7 heterocycles. The fourth-order valence-corrected chi connectivity index (χ4v) is 9.64. The van der Waals surface area contributed by atoms with E-state index in [4.69, 9.17) is 22.4 Å². The minimum atomic E-state index is -1.26. The second-order valence-corrected chi connectivity index (χ2v) is 22.4. The van der Waals surface area contributed by atoms with Crippen LogP contribution in [0.1, 0.15) is 172 Å². The number of pyridine rings is 2. The van der Waals surface area contributed by atoms with Gasteiger partial charge in [0.2, 0.25) is 0 Å². The molecule has 0 saturated heterocycles. The van der Waals surface area contributed by atoms with Gasteiger partial charge in [-0.2, -0.15) is 0 Å². The predicted octanol–water partition coefficient (Wildman–Crippen LogP) is 12.4. The fraction of sp³-hybridized carbons (Fsp3) is 0.290. The van der Waals surface area contributed by atoms with Crippen LogP contribution in [-0.2, 0) is 0 Å². The Balaban J connectivity index is 0.000000134. The smallest absolute Gasteiger partial charge is 0.338 e. The summed E-state index contributed by atoms with van der Waals surface area (Å²) < 4.78 is 50.9. The molecular weight excluding hydrogens is 1130 g/mol. The van der Waals surface area contributed by atoms with Gasteiger partial charge in [-0.1, -0.05) is 39.8 Å². The molecule has 0 radical (unpaired) electrons. The normalized spacial score (nSPS) is 13.5. The lowest BCUT2D eigenvalue weighted by Gasteiger charge is -2.12. The summed E-state index contributed by atoms with van der Waals surface area (Å²) in [6, 6.07) is 19.0. The molecule has 10 aromatic rings. The monoisotopic (exact) mass is 1190 g/mol. The molecule has 13 rings (SSSR count). The van der Waals surface area contributed by atoms with E-state index in [0.717, 1.165) is 77.0 Å². The number of carboxylic acids is 1. The van der Waals surface area contributed by atoms with Gasteiger partial charge in [0.05, 0.1) is 69.8 Å². The van der Waals surface area contributed by atoms with Gasteiger partial charge in [-0.25, -0.2) is 42.9 Å². The summed E-state index contributed by atoms with van der Waals surface area (Å²) in [5, 5.41) is 26.9. The molecule has 7 aromatic heterocycles. The molecule has 0 unspecified atom stereocenters. The van der Waals surface area contributed by atoms with Crippen LogP contribution < -0.4 is 11.1 Å². The zero-order chi connectivity index (χ0) is 61.1. The van der Waals surface area contributed by atoms with Crippen LogP contribution in [0.4, 0.5) is 24.8 Å². The van der Waals surface area contributed by atoms with Gasteiger partial charge >= 0.3 is 5.97 Å². The van der Waals surface area contributed by atoms with E-state index in [-0.39, 0.29) is 22.6 Å². The summed E-state index contributed by atoms with van der Waals surface area (Å²) in [7, 11) is 0. The van der Waals surface area contributed by atoms with Crippen LogP contribution >= 0.6 is 11.6 Å². The summed E-state index contributed by atoms with van der Waals surface area (Å²) in [4.78, 5) is 57.0. The highest BCUT2D eigenvalue weighted by molar-refractivity contribution is 6.67. The maximum atomic E-state index is 14.8. The highest BCUT2D eigenvalue weighted by atomic mass is 35.5. The molecule has 20 nitrogen and oxygen atoms in total. The highest BCUT2D eigenvalue weighted by Crippen LogP contribution is 2.41. The molecule has 0 bridgehead atoms. The van der Waals surface area contributed by atoms with E-state index in [0.29, 0.717) is 58.1 Å². The number of halogens is 4. The molecule has 4 N–H and O–H groups in total. The van der Waals surface area contributed by atoms with E-state index in [9.17, 15) is 27.6 Å². The molecule has 0 aliphatic heterocycles. The summed E-state index contributed by atoms with van der Waals surface area (Å²) in [6.45, 7) is 13.5. The van der Waals surface area contributed by atoms with E-state index in [1.54, 1.807) is 85.0 Å². The van der Waals surface area contributed by atoms with Crippen LogP contribution in [0.15, 0.2) is 123 Å². The highest BCUT2D eigenvalue weighted by Gasteiger charge is 2.29. The zero-order valence-electron chi connectivity index (χ0n) is 48.2. The largest absolute Gasteiger partial charge is 0.478 e. The number of aromatic carboxylic acids is 1. The Labute approximate surface area is 498 Å². The first-order valence-electron chi connectivity index (χ1n) is 28.0. The summed E-state index contributed by atoms with van der Waals surface area (Å²) in [5.41, 5.74) is 12.5. The van der Waals surface area contributed by atoms with Crippen molar-refractivity contribution in [2.75, 3.05) is 11.1 Å². The number of nitrogens with zero attached hydrogens (tertiary/aromatic N) is 14. The molecule has 24 heteroatoms. The number of carbonyl (C=O) groups is 3. The number of benzene rings is 3. The lowest BCUT2D eigenvalue weighted by molar-refractivity contribution is 0.0691. The third kappa shape index (κ3) is 13.8. The lowest BCUT2D eigenvalue weighted by Crippen LogP contribution is -2.16. The standard InChI is InChI=1S/C24H24FN7O.C14H12ClFN2O.C14H13FN2O2.C10H13N5/c1-14(2)23-30-27-13-32(23)22-6-4-5-21(28-22)29-24(33)17-10-20(15(3)9-18(17)25)31-11-19(26-12-31)16-7-8-16;1-8-4-11(16)10(14(15)19)5-13(8)18-6-12(17-7-18)9-2-3-9;1-8-4-11(15)10(14(18)19)5-13(8)17-6-12(16-7-17)9-2-3-9;1-7(2)10-14-12-6-15(10)9-5-3-4-8(11)13-9/h4-6,9-14,16H,7-8H2,1-3H3,(H,28,29,33);4-7,9H,2-3H2,1H3;4-7,9H,2-3H2,1H3,(H,18,19);3-7H,1-2H3,(H2,11,13). The van der Waals surface area contributed by atoms with Gasteiger partial charge < -0.3 is 29.9 Å². The Morgan fingerprint density at radius 3 is 1.37 bits per heavy atom. The summed E-state index contributed by atoms with van der Waals surface area (Å²) >= 11 is 5.38. The molecule has 3 aromatic carbocycles. The maximum Gasteiger partial charge on any atom is 0.338 e. The third-order valence-corrected chi connectivity index (χ3v) is 14.8. The Kier molecular flexibility index (Phi) is 17.5. The first-order valence-corrected chi connectivity index (χ1v) is 28.4. The fourth-order valence-electron chi connectivity index (χ4n) is 9.50. The first-order chi connectivity index (χ1) is 41.2. The number of nitrogens with one attached hydrogen (secondary N) is 1. The average Bonchev–Trinajstić information content (AvgIpc) is 4.49. The van der Waals surface area contributed by atoms with Crippen LogP contribution in [-0.4, -0.2) is 90.4 Å². The first kappa shape index (κ1) is 59.5. The van der Waals surface area contributed by atoms with Crippen molar-refractivity contribution < 1.29 is 32.7 Å². The molecule has 3 aliphatic rings. The average molecular weight is 1190 g/mol. The number of nitrogens with two attached hydrogens (primary N) is 1. The van der Waals surface area contributed by atoms with Crippen molar-refractivity contribution in [2.45, 2.75) is 117 Å². The number of aryl methyl sites for hydroxylation is 3. The number of aromatic nitrogens is 14. The van der Waals surface area contributed by atoms with Crippen LogP contribution in [0.5, 0.6) is 0 Å². The predicted molar refractivity (Wildman–Crippen MR) is 317 cm³/mol. The van der Waals surface area contributed by atoms with Crippen molar-refractivity contribution in [1.29, 1.82) is 0 Å². The molecular formula is C62H62ClF3N16O4. The van der Waals surface area contributed by atoms with E-state index in [2.05, 4.69) is 64.5 Å². The number of carbonyl (C=O) groups excluding carboxylic acids is 2. The molecule has 3 fully saturated rings. The minimum Gasteiger partial charge on any atom is -0.478 e. The van der Waals surface area contributed by atoms with Crippen LogP contribution in [0.2, 0.25) is 0 Å². The zero-order valence-corrected chi connectivity index (χ0v) is 49.0. The number of hydrogen-bond donors (Lipinski definition) is 3. The minimum absolute atomic E-state index is 0.0587. The van der Waals surface area contributed by atoms with Crippen molar-refractivity contribution in [3.63, 3.8) is 0 Å². The number of hydrogen-bond acceptors (Lipinski definition) is 13. The summed E-state index contributed by atoms with van der Waals surface area (Å²) in [5.74, 6) is 2.07. The number of imidazole rings is 3. The number of rotatable bonds is 14. The number of nitrogen functional groups attached to an aromatic ring is 1. The van der Waals surface area contributed by atoms with Crippen molar-refractivity contribution >= 4 is 40.4 Å². The lowest BCUT2D eigenvalue weighted by atomic mass is 10.1. The number of amides is 1. The summed E-state index contributed by atoms with van der Waals surface area (Å²) in [6.07, 6.45) is 21.0. The van der Waals surface area contributed by atoms with Gasteiger partial charge in [0.15, 0.2) is 0 Å². The molecule has 1 amide bonds. The number of anilines is 2. The maximum absolute atomic E-state index is 14.8. The molecule has 86 heavy (non-hydrogen) atoms. The van der Waals surface area contributed by atoms with E-state index in [1.807, 2.05) is 65.2 Å². The molecule has 442 valence electrons. The second-order valence-electron chi connectivity index (χ2n) is 22.1. The Hall–Kier alpha value is -9.64. The van der Waals surface area contributed by atoms with Gasteiger partial charge in [-0.3, -0.25) is 18.7 Å². The van der Waals surface area contributed by atoms with Crippen LogP contribution in [0.25, 0.3) is 28.7 Å².